The summed E-state index contributed by atoms with van der Waals surface area (Å²) >= 11 is 0. The van der Waals surface area contributed by atoms with E-state index >= 15 is 0 Å². The maximum Gasteiger partial charge on any atom is 0.290 e. The number of hydrogen-bond acceptors (Lipinski definition) is 5. The molecule has 1 aromatic heterocycles. The Hall–Kier alpha value is -1.69. The van der Waals surface area contributed by atoms with Crippen molar-refractivity contribution < 1.29 is 4.92 Å². The molecule has 1 aromatic rings. The summed E-state index contributed by atoms with van der Waals surface area (Å²) in [6, 6.07) is 3.16. The van der Waals surface area contributed by atoms with Crippen LogP contribution in [0.4, 0.5) is 11.5 Å². The van der Waals surface area contributed by atoms with E-state index in [1.54, 1.807) is 13.0 Å². The van der Waals surface area contributed by atoms with Gasteiger partial charge in [-0.1, -0.05) is 0 Å². The number of anilines is 1. The Bertz CT molecular complexity index is 416. The quantitative estimate of drug-likeness (QED) is 0.608. The fraction of sp³-hybridized carbons (Fsp3) is 0.545. The molecule has 0 radical (unpaired) electrons. The van der Waals surface area contributed by atoms with Crippen LogP contribution >= 0.6 is 0 Å². The summed E-state index contributed by atoms with van der Waals surface area (Å²) in [6.07, 6.45) is 1.17. The predicted molar refractivity (Wildman–Crippen MR) is 65.1 cm³/mol. The molecule has 2 rings (SSSR count). The van der Waals surface area contributed by atoms with Gasteiger partial charge in [-0.25, -0.2) is 4.98 Å². The number of pyridine rings is 1. The molecule has 1 saturated heterocycles. The zero-order chi connectivity index (χ0) is 12.3. The second kappa shape index (κ2) is 5.09. The first kappa shape index (κ1) is 11.8. The molecule has 1 aliphatic rings. The van der Waals surface area contributed by atoms with E-state index in [-0.39, 0.29) is 5.69 Å². The Labute approximate surface area is 99.6 Å². The van der Waals surface area contributed by atoms with E-state index in [0.29, 0.717) is 17.4 Å². The molecule has 0 spiro atoms. The molecule has 6 heteroatoms. The molecule has 2 heterocycles. The number of nitro groups is 1. The van der Waals surface area contributed by atoms with Crippen molar-refractivity contribution in [1.82, 2.24) is 10.3 Å². The third kappa shape index (κ3) is 2.91. The van der Waals surface area contributed by atoms with Gasteiger partial charge < -0.3 is 10.6 Å². The van der Waals surface area contributed by atoms with E-state index < -0.39 is 4.92 Å². The minimum Gasteiger partial charge on any atom is -0.370 e. The Kier molecular flexibility index (Phi) is 3.53. The fourth-order valence-electron chi connectivity index (χ4n) is 1.98. The van der Waals surface area contributed by atoms with Crippen LogP contribution in [0.25, 0.3) is 0 Å². The van der Waals surface area contributed by atoms with Crippen LogP contribution in [-0.2, 0) is 0 Å². The molecule has 1 atom stereocenters. The predicted octanol–water partition coefficient (Wildman–Crippen LogP) is 1.32. The van der Waals surface area contributed by atoms with E-state index in [1.165, 1.54) is 12.5 Å². The number of rotatable bonds is 4. The number of hydrogen-bond donors (Lipinski definition) is 2. The Morgan fingerprint density at radius 3 is 3.06 bits per heavy atom. The lowest BCUT2D eigenvalue weighted by Gasteiger charge is -2.10. The maximum absolute atomic E-state index is 10.6. The fourth-order valence-corrected chi connectivity index (χ4v) is 1.98. The highest BCUT2D eigenvalue weighted by Gasteiger charge is 2.15. The second-order valence-electron chi connectivity index (χ2n) is 4.30. The molecular weight excluding hydrogens is 220 g/mol. The number of nitrogens with one attached hydrogen (secondary N) is 2. The highest BCUT2D eigenvalue weighted by atomic mass is 16.6. The summed E-state index contributed by atoms with van der Waals surface area (Å²) in [4.78, 5) is 14.4. The molecule has 2 N–H and O–H groups in total. The summed E-state index contributed by atoms with van der Waals surface area (Å²) < 4.78 is 0. The standard InChI is InChI=1S/C11H16N4O2/c1-8-10(15(16)17)2-3-11(14-8)13-7-9-4-5-12-6-9/h2-3,9,12H,4-7H2,1H3,(H,13,14). The van der Waals surface area contributed by atoms with Crippen LogP contribution in [0, 0.1) is 23.0 Å². The topological polar surface area (TPSA) is 80.1 Å². The van der Waals surface area contributed by atoms with Gasteiger partial charge in [0.2, 0.25) is 0 Å². The molecular formula is C11H16N4O2. The van der Waals surface area contributed by atoms with Gasteiger partial charge in [-0.05, 0) is 38.4 Å². The average Bonchev–Trinajstić information content (AvgIpc) is 2.78. The van der Waals surface area contributed by atoms with E-state index in [0.717, 1.165) is 19.6 Å². The van der Waals surface area contributed by atoms with Gasteiger partial charge in [0, 0.05) is 12.6 Å². The lowest BCUT2D eigenvalue weighted by atomic mass is 10.1. The summed E-state index contributed by atoms with van der Waals surface area (Å²) in [7, 11) is 0. The van der Waals surface area contributed by atoms with Crippen molar-refractivity contribution in [3.05, 3.63) is 27.9 Å². The number of nitrogens with zero attached hydrogens (tertiary/aromatic N) is 2. The van der Waals surface area contributed by atoms with E-state index in [2.05, 4.69) is 15.6 Å². The van der Waals surface area contributed by atoms with Crippen LogP contribution < -0.4 is 10.6 Å². The van der Waals surface area contributed by atoms with Crippen LogP contribution in [0.15, 0.2) is 12.1 Å². The zero-order valence-corrected chi connectivity index (χ0v) is 9.77. The smallest absolute Gasteiger partial charge is 0.290 e. The molecule has 1 unspecified atom stereocenters. The van der Waals surface area contributed by atoms with E-state index in [4.69, 9.17) is 0 Å². The largest absolute Gasteiger partial charge is 0.370 e. The summed E-state index contributed by atoms with van der Waals surface area (Å²) in [5.74, 6) is 1.33. The molecule has 1 aliphatic heterocycles. The summed E-state index contributed by atoms with van der Waals surface area (Å²) in [5.41, 5.74) is 0.516. The lowest BCUT2D eigenvalue weighted by Crippen LogP contribution is -2.17. The Morgan fingerprint density at radius 2 is 2.47 bits per heavy atom. The van der Waals surface area contributed by atoms with Crippen LogP contribution in [0.5, 0.6) is 0 Å². The normalized spacial score (nSPS) is 19.2. The van der Waals surface area contributed by atoms with Gasteiger partial charge in [0.05, 0.1) is 4.92 Å². The molecule has 92 valence electrons. The molecule has 0 bridgehead atoms. The van der Waals surface area contributed by atoms with Crippen LogP contribution in [-0.4, -0.2) is 29.5 Å². The molecule has 0 saturated carbocycles. The lowest BCUT2D eigenvalue weighted by molar-refractivity contribution is -0.385. The monoisotopic (exact) mass is 236 g/mol. The molecule has 17 heavy (non-hydrogen) atoms. The third-order valence-electron chi connectivity index (χ3n) is 2.99. The molecule has 1 fully saturated rings. The van der Waals surface area contributed by atoms with Gasteiger partial charge in [-0.15, -0.1) is 0 Å². The van der Waals surface area contributed by atoms with Crippen molar-refractivity contribution in [2.24, 2.45) is 5.92 Å². The van der Waals surface area contributed by atoms with Crippen LogP contribution in [0.3, 0.4) is 0 Å². The van der Waals surface area contributed by atoms with Crippen LogP contribution in [0.1, 0.15) is 12.1 Å². The summed E-state index contributed by atoms with van der Waals surface area (Å²) in [6.45, 7) is 4.61. The van der Waals surface area contributed by atoms with Crippen molar-refractivity contribution >= 4 is 11.5 Å². The van der Waals surface area contributed by atoms with Gasteiger partial charge in [0.25, 0.3) is 5.69 Å². The minimum absolute atomic E-state index is 0.0677. The van der Waals surface area contributed by atoms with Crippen molar-refractivity contribution in [1.29, 1.82) is 0 Å². The Morgan fingerprint density at radius 1 is 1.65 bits per heavy atom. The highest BCUT2D eigenvalue weighted by molar-refractivity contribution is 5.44. The zero-order valence-electron chi connectivity index (χ0n) is 9.77. The third-order valence-corrected chi connectivity index (χ3v) is 2.99. The molecule has 0 amide bonds. The first-order valence-electron chi connectivity index (χ1n) is 5.73. The molecule has 0 aliphatic carbocycles. The van der Waals surface area contributed by atoms with Crippen molar-refractivity contribution in [3.63, 3.8) is 0 Å². The summed E-state index contributed by atoms with van der Waals surface area (Å²) in [5, 5.41) is 17.2. The van der Waals surface area contributed by atoms with Gasteiger partial charge in [0.1, 0.15) is 11.5 Å². The highest BCUT2D eigenvalue weighted by Crippen LogP contribution is 2.18. The average molecular weight is 236 g/mol. The van der Waals surface area contributed by atoms with Gasteiger partial charge in [-0.2, -0.15) is 0 Å². The Balaban J connectivity index is 1.97. The first-order valence-corrected chi connectivity index (χ1v) is 5.73. The second-order valence-corrected chi connectivity index (χ2v) is 4.30. The van der Waals surface area contributed by atoms with Crippen LogP contribution in [0.2, 0.25) is 0 Å². The van der Waals surface area contributed by atoms with E-state index in [1.807, 2.05) is 0 Å². The number of aromatic nitrogens is 1. The molecule has 6 nitrogen and oxygen atoms in total. The van der Waals surface area contributed by atoms with Gasteiger partial charge in [-0.3, -0.25) is 10.1 Å². The van der Waals surface area contributed by atoms with E-state index in [9.17, 15) is 10.1 Å². The minimum atomic E-state index is -0.410. The van der Waals surface area contributed by atoms with Crippen molar-refractivity contribution in [2.75, 3.05) is 25.0 Å². The van der Waals surface area contributed by atoms with Crippen molar-refractivity contribution in [3.8, 4) is 0 Å². The van der Waals surface area contributed by atoms with Gasteiger partial charge in [0.15, 0.2) is 0 Å². The number of aryl methyl sites for hydroxylation is 1. The van der Waals surface area contributed by atoms with Gasteiger partial charge >= 0.3 is 0 Å². The first-order chi connectivity index (χ1) is 8.16. The van der Waals surface area contributed by atoms with Crippen molar-refractivity contribution in [2.45, 2.75) is 13.3 Å². The SMILES string of the molecule is Cc1nc(NCC2CCNC2)ccc1[N+](=O)[O-]. The molecule has 0 aromatic carbocycles. The maximum atomic E-state index is 10.6.